The maximum atomic E-state index is 13.4. The third-order valence-electron chi connectivity index (χ3n) is 5.47. The van der Waals surface area contributed by atoms with E-state index in [1.165, 1.54) is 6.07 Å². The summed E-state index contributed by atoms with van der Waals surface area (Å²) in [5, 5.41) is 8.07. The van der Waals surface area contributed by atoms with Gasteiger partial charge in [-0.2, -0.15) is 0 Å². The van der Waals surface area contributed by atoms with E-state index in [1.807, 2.05) is 19.9 Å². The van der Waals surface area contributed by atoms with E-state index in [0.29, 0.717) is 29.6 Å². The van der Waals surface area contributed by atoms with E-state index in [-0.39, 0.29) is 11.6 Å². The van der Waals surface area contributed by atoms with Gasteiger partial charge in [-0.15, -0.1) is 0 Å². The average molecular weight is 445 g/mol. The van der Waals surface area contributed by atoms with Crippen molar-refractivity contribution in [3.8, 4) is 0 Å². The van der Waals surface area contributed by atoms with Crippen LogP contribution in [0.15, 0.2) is 36.4 Å². The summed E-state index contributed by atoms with van der Waals surface area (Å²) in [5.74, 6) is -1.27. The number of hydrogen-bond acceptors (Lipinski definition) is 3. The normalized spacial score (nSPS) is 14.4. The molecular formula is C24H30F2N4O2. The van der Waals surface area contributed by atoms with Crippen LogP contribution in [0.3, 0.4) is 0 Å². The maximum Gasteiger partial charge on any atom is 0.323 e. The minimum absolute atomic E-state index is 0.121. The fourth-order valence-corrected chi connectivity index (χ4v) is 3.58. The van der Waals surface area contributed by atoms with E-state index in [0.717, 1.165) is 43.8 Å². The number of nitrogens with zero attached hydrogens (tertiary/aromatic N) is 1. The minimum Gasteiger partial charge on any atom is -0.371 e. The number of carbonyl (C=O) groups is 2. The van der Waals surface area contributed by atoms with Crippen molar-refractivity contribution in [1.82, 2.24) is 5.32 Å². The minimum atomic E-state index is -1.05. The zero-order valence-corrected chi connectivity index (χ0v) is 18.7. The number of halogens is 2. The molecule has 1 fully saturated rings. The van der Waals surface area contributed by atoms with Crippen molar-refractivity contribution < 1.29 is 18.4 Å². The van der Waals surface area contributed by atoms with Gasteiger partial charge in [0.25, 0.3) is 5.91 Å². The van der Waals surface area contributed by atoms with E-state index in [9.17, 15) is 18.4 Å². The summed E-state index contributed by atoms with van der Waals surface area (Å²) in [7, 11) is 0. The molecule has 2 aromatic carbocycles. The first kappa shape index (κ1) is 23.5. The first-order valence-electron chi connectivity index (χ1n) is 10.9. The van der Waals surface area contributed by atoms with Gasteiger partial charge in [-0.05, 0) is 55.0 Å². The first-order chi connectivity index (χ1) is 15.2. The lowest BCUT2D eigenvalue weighted by molar-refractivity contribution is 0.0949. The van der Waals surface area contributed by atoms with Gasteiger partial charge in [-0.3, -0.25) is 4.79 Å². The second-order valence-corrected chi connectivity index (χ2v) is 8.71. The summed E-state index contributed by atoms with van der Waals surface area (Å²) in [6.45, 7) is 8.56. The molecule has 0 aliphatic carbocycles. The molecule has 0 bridgehead atoms. The fourth-order valence-electron chi connectivity index (χ4n) is 3.58. The van der Waals surface area contributed by atoms with Crippen LogP contribution in [0.25, 0.3) is 0 Å². The van der Waals surface area contributed by atoms with Crippen molar-refractivity contribution in [1.29, 1.82) is 0 Å². The molecule has 6 nitrogen and oxygen atoms in total. The van der Waals surface area contributed by atoms with E-state index in [4.69, 9.17) is 0 Å². The highest BCUT2D eigenvalue weighted by Gasteiger charge is 2.22. The van der Waals surface area contributed by atoms with Crippen LogP contribution in [0.5, 0.6) is 0 Å². The zero-order valence-electron chi connectivity index (χ0n) is 18.7. The predicted molar refractivity (Wildman–Crippen MR) is 123 cm³/mol. The highest BCUT2D eigenvalue weighted by molar-refractivity contribution is 6.04. The fraction of sp³-hybridized carbons (Fsp3) is 0.417. The van der Waals surface area contributed by atoms with E-state index < -0.39 is 17.7 Å². The van der Waals surface area contributed by atoms with Crippen LogP contribution in [0.4, 0.5) is 30.6 Å². The second-order valence-electron chi connectivity index (χ2n) is 8.71. The summed E-state index contributed by atoms with van der Waals surface area (Å²) in [6, 6.07) is 7.71. The Balaban J connectivity index is 1.78. The van der Waals surface area contributed by atoms with Gasteiger partial charge in [-0.25, -0.2) is 13.6 Å². The van der Waals surface area contributed by atoms with E-state index in [1.54, 1.807) is 12.1 Å². The molecule has 0 unspecified atom stereocenters. The molecule has 0 atom stereocenters. The Hall–Kier alpha value is -3.16. The molecule has 0 aromatic heterocycles. The standard InChI is InChI=1S/C24H30F2N4O2/c1-15(2)14-27-23(31)19-12-17(5-7-22(19)30-10-8-16(3)9-11-30)28-24(32)29-18-4-6-20(25)21(26)13-18/h4-7,12-13,15-16H,8-11,14H2,1-3H3,(H,27,31)(H2,28,29,32). The Morgan fingerprint density at radius 2 is 1.62 bits per heavy atom. The van der Waals surface area contributed by atoms with Gasteiger partial charge in [0.2, 0.25) is 0 Å². The Kier molecular flexibility index (Phi) is 7.66. The monoisotopic (exact) mass is 444 g/mol. The first-order valence-corrected chi connectivity index (χ1v) is 10.9. The number of piperidine rings is 1. The van der Waals surface area contributed by atoms with Crippen molar-refractivity contribution in [2.75, 3.05) is 35.2 Å². The lowest BCUT2D eigenvalue weighted by atomic mass is 9.97. The van der Waals surface area contributed by atoms with Crippen LogP contribution in [0.1, 0.15) is 44.0 Å². The number of amides is 3. The van der Waals surface area contributed by atoms with E-state index in [2.05, 4.69) is 27.8 Å². The lowest BCUT2D eigenvalue weighted by Crippen LogP contribution is -2.35. The molecule has 172 valence electrons. The molecule has 3 rings (SSSR count). The Morgan fingerprint density at radius 1 is 1.00 bits per heavy atom. The highest BCUT2D eigenvalue weighted by atomic mass is 19.2. The molecule has 3 amide bonds. The Morgan fingerprint density at radius 3 is 2.25 bits per heavy atom. The summed E-state index contributed by atoms with van der Waals surface area (Å²) in [4.78, 5) is 27.5. The number of rotatable bonds is 6. The summed E-state index contributed by atoms with van der Waals surface area (Å²) in [6.07, 6.45) is 2.12. The van der Waals surface area contributed by atoms with Gasteiger partial charge in [0.05, 0.1) is 5.56 Å². The molecular weight excluding hydrogens is 414 g/mol. The van der Waals surface area contributed by atoms with E-state index >= 15 is 0 Å². The number of nitrogens with one attached hydrogen (secondary N) is 3. The van der Waals surface area contributed by atoms with Crippen molar-refractivity contribution >= 4 is 29.0 Å². The molecule has 8 heteroatoms. The topological polar surface area (TPSA) is 73.5 Å². The summed E-state index contributed by atoms with van der Waals surface area (Å²) < 4.78 is 26.5. The molecule has 3 N–H and O–H groups in total. The van der Waals surface area contributed by atoms with Crippen LogP contribution < -0.4 is 20.9 Å². The zero-order chi connectivity index (χ0) is 23.3. The van der Waals surface area contributed by atoms with Crippen molar-refractivity contribution in [2.24, 2.45) is 11.8 Å². The predicted octanol–water partition coefficient (Wildman–Crippen LogP) is 5.23. The number of carbonyl (C=O) groups excluding carboxylic acids is 2. The van der Waals surface area contributed by atoms with Gasteiger partial charge in [0.1, 0.15) is 0 Å². The van der Waals surface area contributed by atoms with Crippen molar-refractivity contribution in [2.45, 2.75) is 33.6 Å². The van der Waals surface area contributed by atoms with Crippen LogP contribution in [0, 0.1) is 23.5 Å². The average Bonchev–Trinajstić information content (AvgIpc) is 2.75. The molecule has 0 radical (unpaired) electrons. The van der Waals surface area contributed by atoms with Gasteiger partial charge in [-0.1, -0.05) is 20.8 Å². The molecule has 1 aliphatic rings. The molecule has 32 heavy (non-hydrogen) atoms. The SMILES string of the molecule is CC(C)CNC(=O)c1cc(NC(=O)Nc2ccc(F)c(F)c2)ccc1N1CCC(C)CC1. The van der Waals surface area contributed by atoms with Gasteiger partial charge in [0.15, 0.2) is 11.6 Å². The Labute approximate surface area is 187 Å². The molecule has 0 spiro atoms. The van der Waals surface area contributed by atoms with Gasteiger partial charge < -0.3 is 20.9 Å². The maximum absolute atomic E-state index is 13.4. The van der Waals surface area contributed by atoms with Crippen LogP contribution in [0.2, 0.25) is 0 Å². The summed E-state index contributed by atoms with van der Waals surface area (Å²) >= 11 is 0. The largest absolute Gasteiger partial charge is 0.371 e. The number of hydrogen-bond donors (Lipinski definition) is 3. The summed E-state index contributed by atoms with van der Waals surface area (Å²) in [5.41, 5.74) is 1.87. The number of anilines is 3. The van der Waals surface area contributed by atoms with Gasteiger partial charge >= 0.3 is 6.03 Å². The smallest absolute Gasteiger partial charge is 0.323 e. The molecule has 1 aliphatic heterocycles. The van der Waals surface area contributed by atoms with Crippen molar-refractivity contribution in [3.05, 3.63) is 53.6 Å². The van der Waals surface area contributed by atoms with Crippen molar-refractivity contribution in [3.63, 3.8) is 0 Å². The Bertz CT molecular complexity index is 972. The van der Waals surface area contributed by atoms with Crippen LogP contribution >= 0.6 is 0 Å². The quantitative estimate of drug-likeness (QED) is 0.571. The third kappa shape index (κ3) is 6.18. The molecule has 2 aromatic rings. The number of urea groups is 1. The third-order valence-corrected chi connectivity index (χ3v) is 5.47. The lowest BCUT2D eigenvalue weighted by Gasteiger charge is -2.33. The number of benzene rings is 2. The van der Waals surface area contributed by atoms with Gasteiger partial charge in [0, 0.05) is 42.8 Å². The molecule has 0 saturated carbocycles. The molecule has 1 heterocycles. The second kappa shape index (κ2) is 10.4. The van der Waals surface area contributed by atoms with Crippen LogP contribution in [-0.4, -0.2) is 31.6 Å². The highest BCUT2D eigenvalue weighted by Crippen LogP contribution is 2.29. The van der Waals surface area contributed by atoms with Crippen LogP contribution in [-0.2, 0) is 0 Å². The molecule has 1 saturated heterocycles.